The molecule has 0 radical (unpaired) electrons. The zero-order chi connectivity index (χ0) is 31.6. The molecule has 10 heteroatoms. The fourth-order valence-corrected chi connectivity index (χ4v) is 6.93. The van der Waals surface area contributed by atoms with Crippen LogP contribution in [0.3, 0.4) is 0 Å². The minimum atomic E-state index is -0.286. The first-order valence-corrected chi connectivity index (χ1v) is 16.4. The molecule has 4 heterocycles. The number of likely N-dealkylation sites (tertiary alicyclic amines) is 1. The van der Waals surface area contributed by atoms with Crippen LogP contribution in [0, 0.1) is 17.2 Å². The summed E-state index contributed by atoms with van der Waals surface area (Å²) < 4.78 is 7.62. The number of hydrogen-bond donors (Lipinski definition) is 2. The van der Waals surface area contributed by atoms with Gasteiger partial charge in [-0.2, -0.15) is 5.26 Å². The van der Waals surface area contributed by atoms with E-state index in [0.717, 1.165) is 85.5 Å². The third-order valence-corrected chi connectivity index (χ3v) is 9.66. The molecule has 2 aromatic carbocycles. The summed E-state index contributed by atoms with van der Waals surface area (Å²) in [7, 11) is 0. The molecule has 2 N–H and O–H groups in total. The SMILES string of the molecule is C[C@H](Nc1c(C#N)cnc2c(N[C@@H](c3ccccc3)c3cn(C4CCN(C(C)(C)C)CC4)nn3)cc(Cl)cc12)C1CCOCC1. The van der Waals surface area contributed by atoms with Crippen LogP contribution in [0.15, 0.2) is 54.9 Å². The number of aromatic nitrogens is 4. The molecule has 2 atom stereocenters. The van der Waals surface area contributed by atoms with Gasteiger partial charge in [0.15, 0.2) is 0 Å². The maximum absolute atomic E-state index is 10.0. The van der Waals surface area contributed by atoms with Crippen molar-refractivity contribution in [1.29, 1.82) is 5.26 Å². The first kappa shape index (κ1) is 31.3. The van der Waals surface area contributed by atoms with Gasteiger partial charge in [0.1, 0.15) is 11.8 Å². The van der Waals surface area contributed by atoms with Crippen LogP contribution in [0.5, 0.6) is 0 Å². The second-order valence-electron chi connectivity index (χ2n) is 13.4. The summed E-state index contributed by atoms with van der Waals surface area (Å²) >= 11 is 6.77. The molecule has 9 nitrogen and oxygen atoms in total. The Balaban J connectivity index is 1.33. The summed E-state index contributed by atoms with van der Waals surface area (Å²) in [6.45, 7) is 12.6. The Morgan fingerprint density at radius 1 is 1.04 bits per heavy atom. The van der Waals surface area contributed by atoms with Crippen molar-refractivity contribution in [3.05, 3.63) is 76.7 Å². The summed E-state index contributed by atoms with van der Waals surface area (Å²) in [5.74, 6) is 0.455. The van der Waals surface area contributed by atoms with Gasteiger partial charge in [0.2, 0.25) is 0 Å². The van der Waals surface area contributed by atoms with E-state index in [1.807, 2.05) is 35.0 Å². The maximum Gasteiger partial charge on any atom is 0.109 e. The van der Waals surface area contributed by atoms with Crippen molar-refractivity contribution >= 4 is 33.9 Å². The van der Waals surface area contributed by atoms with Gasteiger partial charge in [-0.3, -0.25) is 9.88 Å². The monoisotopic (exact) mass is 626 g/mol. The van der Waals surface area contributed by atoms with Crippen molar-refractivity contribution in [2.24, 2.45) is 5.92 Å². The third kappa shape index (κ3) is 6.94. The molecule has 236 valence electrons. The predicted molar refractivity (Wildman–Crippen MR) is 180 cm³/mol. The fourth-order valence-electron chi connectivity index (χ4n) is 6.71. The van der Waals surface area contributed by atoms with E-state index in [1.54, 1.807) is 6.20 Å². The summed E-state index contributed by atoms with van der Waals surface area (Å²) in [5, 5.41) is 28.1. The molecule has 2 saturated heterocycles. The summed E-state index contributed by atoms with van der Waals surface area (Å²) in [5.41, 5.74) is 4.81. The van der Waals surface area contributed by atoms with Crippen molar-refractivity contribution in [3.8, 4) is 6.07 Å². The second kappa shape index (κ2) is 13.3. The average Bonchev–Trinajstić information content (AvgIpc) is 3.54. The van der Waals surface area contributed by atoms with Crippen molar-refractivity contribution in [3.63, 3.8) is 0 Å². The number of ether oxygens (including phenoxy) is 1. The molecule has 0 unspecified atom stereocenters. The molecule has 0 bridgehead atoms. The molecule has 4 aromatic rings. The number of benzene rings is 2. The molecule has 0 saturated carbocycles. The van der Waals surface area contributed by atoms with Gasteiger partial charge in [-0.1, -0.05) is 47.1 Å². The molecule has 2 aliphatic rings. The maximum atomic E-state index is 10.0. The van der Waals surface area contributed by atoms with Crippen molar-refractivity contribution in [2.75, 3.05) is 36.9 Å². The van der Waals surface area contributed by atoms with Crippen LogP contribution in [-0.4, -0.2) is 62.8 Å². The van der Waals surface area contributed by atoms with Crippen LogP contribution in [0.2, 0.25) is 5.02 Å². The van der Waals surface area contributed by atoms with E-state index >= 15 is 0 Å². The first-order chi connectivity index (χ1) is 21.7. The lowest BCUT2D eigenvalue weighted by molar-refractivity contribution is 0.0622. The topological polar surface area (TPSA) is 104 Å². The van der Waals surface area contributed by atoms with Gasteiger partial charge >= 0.3 is 0 Å². The standard InChI is InChI=1S/C35H43ClN8O/c1-23(24-12-16-45-17-13-24)39-32-26(20-37)21-38-34-29(32)18-27(36)19-30(34)40-33(25-8-6-5-7-9-25)31-22-44(42-41-31)28-10-14-43(15-11-28)35(2,3)4/h5-9,18-19,21-24,28,33,40H,10-17H2,1-4H3,(H,38,39)/t23-,33-/m0/s1. The number of nitrogens with one attached hydrogen (secondary N) is 2. The van der Waals surface area contributed by atoms with Gasteiger partial charge in [-0.05, 0) is 77.0 Å². The van der Waals surface area contributed by atoms with E-state index in [-0.39, 0.29) is 17.6 Å². The molecule has 2 aliphatic heterocycles. The van der Waals surface area contributed by atoms with E-state index in [0.29, 0.717) is 22.5 Å². The Morgan fingerprint density at radius 2 is 1.78 bits per heavy atom. The second-order valence-corrected chi connectivity index (χ2v) is 13.8. The van der Waals surface area contributed by atoms with Gasteiger partial charge in [0.05, 0.1) is 40.7 Å². The van der Waals surface area contributed by atoms with E-state index < -0.39 is 0 Å². The van der Waals surface area contributed by atoms with Gasteiger partial charge < -0.3 is 15.4 Å². The average molecular weight is 627 g/mol. The van der Waals surface area contributed by atoms with E-state index in [2.05, 4.69) is 77.9 Å². The number of rotatable bonds is 8. The first-order valence-electron chi connectivity index (χ1n) is 16.1. The van der Waals surface area contributed by atoms with Crippen molar-refractivity contribution < 1.29 is 4.74 Å². The van der Waals surface area contributed by atoms with Gasteiger partial charge in [-0.15, -0.1) is 5.10 Å². The van der Waals surface area contributed by atoms with E-state index in [4.69, 9.17) is 21.3 Å². The van der Waals surface area contributed by atoms with Crippen LogP contribution >= 0.6 is 11.6 Å². The van der Waals surface area contributed by atoms with Crippen LogP contribution in [0.4, 0.5) is 11.4 Å². The van der Waals surface area contributed by atoms with Crippen LogP contribution in [0.25, 0.3) is 10.9 Å². The lowest BCUT2D eigenvalue weighted by atomic mass is 9.92. The third-order valence-electron chi connectivity index (χ3n) is 9.45. The number of hydrogen-bond acceptors (Lipinski definition) is 8. The molecule has 2 aromatic heterocycles. The Hall–Kier alpha value is -3.71. The number of anilines is 2. The molecule has 6 rings (SSSR count). The number of pyridine rings is 1. The fraction of sp³-hybridized carbons (Fsp3) is 0.486. The number of piperidine rings is 1. The zero-order valence-electron chi connectivity index (χ0n) is 26.6. The molecule has 0 aliphatic carbocycles. The lowest BCUT2D eigenvalue weighted by Gasteiger charge is -2.40. The zero-order valence-corrected chi connectivity index (χ0v) is 27.4. The van der Waals surface area contributed by atoms with Crippen LogP contribution in [-0.2, 0) is 4.74 Å². The molecule has 0 spiro atoms. The number of nitriles is 1. The molecule has 45 heavy (non-hydrogen) atoms. The number of nitrogens with zero attached hydrogens (tertiary/aromatic N) is 6. The Labute approximate surface area is 270 Å². The Bertz CT molecular complexity index is 1650. The highest BCUT2D eigenvalue weighted by Gasteiger charge is 2.29. The van der Waals surface area contributed by atoms with Crippen molar-refractivity contribution in [2.45, 2.75) is 77.0 Å². The molecular weight excluding hydrogens is 584 g/mol. The molecule has 2 fully saturated rings. The molecule has 0 amide bonds. The van der Waals surface area contributed by atoms with Gasteiger partial charge in [0.25, 0.3) is 0 Å². The highest BCUT2D eigenvalue weighted by Crippen LogP contribution is 2.37. The Kier molecular flexibility index (Phi) is 9.27. The van der Waals surface area contributed by atoms with Crippen LogP contribution < -0.4 is 10.6 Å². The number of halogens is 1. The number of fused-ring (bicyclic) bond motifs is 1. The van der Waals surface area contributed by atoms with Gasteiger partial charge in [0, 0.05) is 54.5 Å². The summed E-state index contributed by atoms with van der Waals surface area (Å²) in [6, 6.07) is 16.6. The van der Waals surface area contributed by atoms with Gasteiger partial charge in [-0.25, -0.2) is 4.68 Å². The van der Waals surface area contributed by atoms with Crippen LogP contribution in [0.1, 0.15) is 82.3 Å². The minimum Gasteiger partial charge on any atom is -0.381 e. The van der Waals surface area contributed by atoms with Crippen molar-refractivity contribution in [1.82, 2.24) is 24.9 Å². The molecular formula is C35H43ClN8O. The highest BCUT2D eigenvalue weighted by atomic mass is 35.5. The minimum absolute atomic E-state index is 0.157. The van der Waals surface area contributed by atoms with E-state index in [1.165, 1.54) is 0 Å². The summed E-state index contributed by atoms with van der Waals surface area (Å²) in [4.78, 5) is 7.31. The quantitative estimate of drug-likeness (QED) is 0.211. The smallest absolute Gasteiger partial charge is 0.109 e. The lowest BCUT2D eigenvalue weighted by Crippen LogP contribution is -2.46. The summed E-state index contributed by atoms with van der Waals surface area (Å²) in [6.07, 6.45) is 7.78. The predicted octanol–water partition coefficient (Wildman–Crippen LogP) is 7.22. The normalized spacial score (nSPS) is 18.4. The highest BCUT2D eigenvalue weighted by molar-refractivity contribution is 6.32. The van der Waals surface area contributed by atoms with E-state index in [9.17, 15) is 5.26 Å². The largest absolute Gasteiger partial charge is 0.381 e. The Morgan fingerprint density at radius 3 is 2.47 bits per heavy atom.